The van der Waals surface area contributed by atoms with Crippen molar-refractivity contribution in [3.63, 3.8) is 0 Å². The third-order valence-electron chi connectivity index (χ3n) is 2.27. The van der Waals surface area contributed by atoms with Gasteiger partial charge in [-0.25, -0.2) is 0 Å². The third-order valence-corrected chi connectivity index (χ3v) is 2.27. The molecule has 0 aromatic rings. The summed E-state index contributed by atoms with van der Waals surface area (Å²) < 4.78 is 0. The SMILES string of the molecule is CC(C)=C1CCC(O)CC1. The molecule has 58 valence electrons. The van der Waals surface area contributed by atoms with Gasteiger partial charge in [0, 0.05) is 0 Å². The van der Waals surface area contributed by atoms with Crippen molar-refractivity contribution in [3.8, 4) is 0 Å². The number of allylic oxidation sites excluding steroid dienone is 2. The van der Waals surface area contributed by atoms with E-state index in [1.165, 1.54) is 5.57 Å². The van der Waals surface area contributed by atoms with Crippen molar-refractivity contribution in [2.24, 2.45) is 0 Å². The highest BCUT2D eigenvalue weighted by Crippen LogP contribution is 2.25. The van der Waals surface area contributed by atoms with Gasteiger partial charge in [0.25, 0.3) is 0 Å². The molecule has 0 aliphatic heterocycles. The molecule has 0 heterocycles. The molecule has 0 aromatic heterocycles. The minimum absolute atomic E-state index is 0.0249. The van der Waals surface area contributed by atoms with E-state index in [1.54, 1.807) is 5.57 Å². The highest BCUT2D eigenvalue weighted by molar-refractivity contribution is 5.11. The molecule has 0 bridgehead atoms. The van der Waals surface area contributed by atoms with Gasteiger partial charge in [-0.05, 0) is 39.5 Å². The summed E-state index contributed by atoms with van der Waals surface area (Å²) in [6.07, 6.45) is 4.15. The summed E-state index contributed by atoms with van der Waals surface area (Å²) in [6, 6.07) is 0. The smallest absolute Gasteiger partial charge is 0.0546 e. The van der Waals surface area contributed by atoms with Gasteiger partial charge in [-0.15, -0.1) is 0 Å². The van der Waals surface area contributed by atoms with Gasteiger partial charge in [0.15, 0.2) is 0 Å². The van der Waals surface area contributed by atoms with Gasteiger partial charge in [-0.2, -0.15) is 0 Å². The molecule has 0 saturated heterocycles. The lowest BCUT2D eigenvalue weighted by molar-refractivity contribution is 0.143. The molecule has 1 rings (SSSR count). The second kappa shape index (κ2) is 3.20. The first kappa shape index (κ1) is 7.80. The summed E-state index contributed by atoms with van der Waals surface area (Å²) in [5.74, 6) is 0. The summed E-state index contributed by atoms with van der Waals surface area (Å²) >= 11 is 0. The van der Waals surface area contributed by atoms with E-state index >= 15 is 0 Å². The average Bonchev–Trinajstić information content (AvgIpc) is 1.88. The Morgan fingerprint density at radius 2 is 1.80 bits per heavy atom. The van der Waals surface area contributed by atoms with E-state index in [2.05, 4.69) is 13.8 Å². The number of aliphatic hydroxyl groups excluding tert-OH is 1. The van der Waals surface area contributed by atoms with E-state index in [0.29, 0.717) is 0 Å². The number of hydrogen-bond donors (Lipinski definition) is 1. The molecule has 0 atom stereocenters. The topological polar surface area (TPSA) is 20.2 Å². The Hall–Kier alpha value is -0.300. The van der Waals surface area contributed by atoms with Crippen molar-refractivity contribution in [1.82, 2.24) is 0 Å². The van der Waals surface area contributed by atoms with Gasteiger partial charge < -0.3 is 5.11 Å². The highest BCUT2D eigenvalue weighted by atomic mass is 16.3. The van der Waals surface area contributed by atoms with Crippen LogP contribution in [0.25, 0.3) is 0 Å². The molecule has 0 amide bonds. The van der Waals surface area contributed by atoms with E-state index in [1.807, 2.05) is 0 Å². The monoisotopic (exact) mass is 140 g/mol. The predicted octanol–water partition coefficient (Wildman–Crippen LogP) is 2.26. The lowest BCUT2D eigenvalue weighted by atomic mass is 9.90. The fraction of sp³-hybridized carbons (Fsp3) is 0.778. The first-order chi connectivity index (χ1) is 4.70. The zero-order chi connectivity index (χ0) is 7.56. The maximum Gasteiger partial charge on any atom is 0.0546 e. The number of aliphatic hydroxyl groups is 1. The van der Waals surface area contributed by atoms with Crippen molar-refractivity contribution >= 4 is 0 Å². The Balaban J connectivity index is 2.48. The normalized spacial score (nSPS) is 26.7. The molecular formula is C9H16O. The Labute approximate surface area is 62.8 Å². The van der Waals surface area contributed by atoms with Gasteiger partial charge >= 0.3 is 0 Å². The van der Waals surface area contributed by atoms with Crippen molar-refractivity contribution < 1.29 is 5.11 Å². The van der Waals surface area contributed by atoms with Gasteiger partial charge in [0.2, 0.25) is 0 Å². The first-order valence-corrected chi connectivity index (χ1v) is 4.03. The van der Waals surface area contributed by atoms with Gasteiger partial charge in [-0.1, -0.05) is 11.1 Å². The molecule has 1 aliphatic carbocycles. The van der Waals surface area contributed by atoms with Crippen molar-refractivity contribution in [2.45, 2.75) is 45.6 Å². The van der Waals surface area contributed by atoms with Crippen molar-refractivity contribution in [3.05, 3.63) is 11.1 Å². The fourth-order valence-corrected chi connectivity index (χ4v) is 1.45. The molecule has 0 spiro atoms. The van der Waals surface area contributed by atoms with Crippen LogP contribution in [0.5, 0.6) is 0 Å². The molecule has 1 nitrogen and oxygen atoms in total. The standard InChI is InChI=1S/C9H16O/c1-7(2)8-3-5-9(10)6-4-8/h9-10H,3-6H2,1-2H3. The van der Waals surface area contributed by atoms with Crippen LogP contribution in [0.4, 0.5) is 0 Å². The van der Waals surface area contributed by atoms with E-state index in [4.69, 9.17) is 0 Å². The van der Waals surface area contributed by atoms with Crippen LogP contribution in [0.2, 0.25) is 0 Å². The fourth-order valence-electron chi connectivity index (χ4n) is 1.45. The van der Waals surface area contributed by atoms with Gasteiger partial charge in [-0.3, -0.25) is 0 Å². The largest absolute Gasteiger partial charge is 0.393 e. The van der Waals surface area contributed by atoms with Crippen molar-refractivity contribution in [2.75, 3.05) is 0 Å². The second-order valence-electron chi connectivity index (χ2n) is 3.33. The maximum absolute atomic E-state index is 9.19. The molecule has 0 unspecified atom stereocenters. The molecule has 0 radical (unpaired) electrons. The van der Waals surface area contributed by atoms with E-state index in [9.17, 15) is 5.11 Å². The van der Waals surface area contributed by atoms with Crippen LogP contribution in [0.3, 0.4) is 0 Å². The summed E-state index contributed by atoms with van der Waals surface area (Å²) in [6.45, 7) is 4.32. The zero-order valence-corrected chi connectivity index (χ0v) is 6.85. The molecule has 10 heavy (non-hydrogen) atoms. The van der Waals surface area contributed by atoms with Crippen LogP contribution >= 0.6 is 0 Å². The Bertz CT molecular complexity index is 133. The Morgan fingerprint density at radius 3 is 2.20 bits per heavy atom. The van der Waals surface area contributed by atoms with Crippen LogP contribution < -0.4 is 0 Å². The van der Waals surface area contributed by atoms with Gasteiger partial charge in [0.1, 0.15) is 0 Å². The van der Waals surface area contributed by atoms with Crippen LogP contribution in [0, 0.1) is 0 Å². The number of hydrogen-bond acceptors (Lipinski definition) is 1. The minimum atomic E-state index is -0.0249. The second-order valence-corrected chi connectivity index (χ2v) is 3.33. The zero-order valence-electron chi connectivity index (χ0n) is 6.85. The molecule has 1 aliphatic rings. The summed E-state index contributed by atoms with van der Waals surface area (Å²) in [7, 11) is 0. The molecule has 0 aromatic carbocycles. The summed E-state index contributed by atoms with van der Waals surface area (Å²) in [5.41, 5.74) is 3.01. The third kappa shape index (κ3) is 1.84. The molecule has 1 N–H and O–H groups in total. The van der Waals surface area contributed by atoms with Crippen LogP contribution in [0.1, 0.15) is 39.5 Å². The van der Waals surface area contributed by atoms with Gasteiger partial charge in [0.05, 0.1) is 6.10 Å². The Morgan fingerprint density at radius 1 is 1.30 bits per heavy atom. The van der Waals surface area contributed by atoms with Crippen molar-refractivity contribution in [1.29, 1.82) is 0 Å². The first-order valence-electron chi connectivity index (χ1n) is 4.03. The van der Waals surface area contributed by atoms with Crippen LogP contribution in [-0.2, 0) is 0 Å². The molecule has 1 fully saturated rings. The molecule has 1 saturated carbocycles. The summed E-state index contributed by atoms with van der Waals surface area (Å²) in [4.78, 5) is 0. The predicted molar refractivity (Wildman–Crippen MR) is 42.8 cm³/mol. The van der Waals surface area contributed by atoms with E-state index in [-0.39, 0.29) is 6.10 Å². The lowest BCUT2D eigenvalue weighted by Gasteiger charge is -2.20. The van der Waals surface area contributed by atoms with Crippen LogP contribution in [-0.4, -0.2) is 11.2 Å². The average molecular weight is 140 g/mol. The van der Waals surface area contributed by atoms with E-state index in [0.717, 1.165) is 25.7 Å². The summed E-state index contributed by atoms with van der Waals surface area (Å²) in [5, 5.41) is 9.19. The van der Waals surface area contributed by atoms with Crippen LogP contribution in [0.15, 0.2) is 11.1 Å². The lowest BCUT2D eigenvalue weighted by Crippen LogP contribution is -2.12. The quantitative estimate of drug-likeness (QED) is 0.512. The minimum Gasteiger partial charge on any atom is -0.393 e. The van der Waals surface area contributed by atoms with E-state index < -0.39 is 0 Å². The highest BCUT2D eigenvalue weighted by Gasteiger charge is 2.13. The molecule has 1 heteroatoms. The molecular weight excluding hydrogens is 124 g/mol. The Kier molecular flexibility index (Phi) is 2.50. The maximum atomic E-state index is 9.19. The number of rotatable bonds is 0.